The Morgan fingerprint density at radius 3 is 2.25 bits per heavy atom. The van der Waals surface area contributed by atoms with Crippen LogP contribution in [-0.2, 0) is 10.0 Å². The van der Waals surface area contributed by atoms with Gasteiger partial charge in [0.2, 0.25) is 10.0 Å². The fourth-order valence-corrected chi connectivity index (χ4v) is 2.95. The van der Waals surface area contributed by atoms with E-state index in [9.17, 15) is 13.5 Å². The summed E-state index contributed by atoms with van der Waals surface area (Å²) in [6.45, 7) is 7.99. The van der Waals surface area contributed by atoms with Crippen molar-refractivity contribution in [3.8, 4) is 0 Å². The fourth-order valence-electron chi connectivity index (χ4n) is 1.40. The lowest BCUT2D eigenvalue weighted by Gasteiger charge is -2.15. The van der Waals surface area contributed by atoms with Crippen LogP contribution in [0.1, 0.15) is 40.5 Å². The summed E-state index contributed by atoms with van der Waals surface area (Å²) < 4.78 is 25.6. The monoisotopic (exact) mass is 251 g/mol. The Balaban J connectivity index is 3.99. The molecule has 0 aromatic heterocycles. The van der Waals surface area contributed by atoms with Crippen molar-refractivity contribution in [1.29, 1.82) is 0 Å². The lowest BCUT2D eigenvalue weighted by atomic mass is 10.1. The summed E-state index contributed by atoms with van der Waals surface area (Å²) in [5.74, 6) is 0.659. The molecule has 2 atom stereocenters. The number of sulfonamides is 1. The maximum absolute atomic E-state index is 11.6. The van der Waals surface area contributed by atoms with E-state index in [0.29, 0.717) is 12.3 Å². The number of hydrogen-bond donors (Lipinski definition) is 2. The normalized spacial score (nSPS) is 16.4. The molecule has 0 aliphatic carbocycles. The van der Waals surface area contributed by atoms with Crippen LogP contribution in [0.5, 0.6) is 0 Å². The van der Waals surface area contributed by atoms with Gasteiger partial charge in [0.15, 0.2) is 0 Å². The molecule has 0 amide bonds. The van der Waals surface area contributed by atoms with Gasteiger partial charge in [-0.25, -0.2) is 13.1 Å². The van der Waals surface area contributed by atoms with Gasteiger partial charge >= 0.3 is 0 Å². The lowest BCUT2D eigenvalue weighted by Crippen LogP contribution is -2.35. The first-order chi connectivity index (χ1) is 7.26. The van der Waals surface area contributed by atoms with Crippen LogP contribution in [0.4, 0.5) is 0 Å². The predicted octanol–water partition coefficient (Wildman–Crippen LogP) is 1.36. The molecule has 2 unspecified atom stereocenters. The quantitative estimate of drug-likeness (QED) is 0.684. The molecule has 0 rings (SSSR count). The Labute approximate surface area is 99.5 Å². The maximum Gasteiger partial charge on any atom is 0.211 e. The van der Waals surface area contributed by atoms with Crippen molar-refractivity contribution in [3.63, 3.8) is 0 Å². The molecule has 0 saturated heterocycles. The SMILES string of the molecule is CCC(C)CS(=O)(=O)NCC(O)CC(C)C. The predicted molar refractivity (Wildman–Crippen MR) is 66.7 cm³/mol. The van der Waals surface area contributed by atoms with Crippen LogP contribution in [0.3, 0.4) is 0 Å². The number of aliphatic hydroxyl groups is 1. The molecule has 2 N–H and O–H groups in total. The molecule has 0 aliphatic heterocycles. The Morgan fingerprint density at radius 1 is 1.25 bits per heavy atom. The van der Waals surface area contributed by atoms with E-state index < -0.39 is 16.1 Å². The summed E-state index contributed by atoms with van der Waals surface area (Å²) in [6.07, 6.45) is 0.869. The van der Waals surface area contributed by atoms with Gasteiger partial charge in [-0.1, -0.05) is 34.1 Å². The van der Waals surface area contributed by atoms with Crippen LogP contribution in [0, 0.1) is 11.8 Å². The first-order valence-corrected chi connectivity index (χ1v) is 7.57. The maximum atomic E-state index is 11.6. The van der Waals surface area contributed by atoms with E-state index in [0.717, 1.165) is 6.42 Å². The largest absolute Gasteiger partial charge is 0.392 e. The minimum atomic E-state index is -3.23. The number of nitrogens with one attached hydrogen (secondary N) is 1. The van der Waals surface area contributed by atoms with E-state index in [1.807, 2.05) is 27.7 Å². The second-order valence-electron chi connectivity index (χ2n) is 4.93. The van der Waals surface area contributed by atoms with Gasteiger partial charge in [-0.15, -0.1) is 0 Å². The summed E-state index contributed by atoms with van der Waals surface area (Å²) in [5.41, 5.74) is 0. The van der Waals surface area contributed by atoms with Crippen LogP contribution in [0.15, 0.2) is 0 Å². The van der Waals surface area contributed by atoms with Gasteiger partial charge in [-0.05, 0) is 18.3 Å². The molecule has 0 radical (unpaired) electrons. The second-order valence-corrected chi connectivity index (χ2v) is 6.78. The Bertz CT molecular complexity index is 275. The molecule has 0 heterocycles. The van der Waals surface area contributed by atoms with Crippen molar-refractivity contribution < 1.29 is 13.5 Å². The zero-order chi connectivity index (χ0) is 12.8. The number of hydrogen-bond acceptors (Lipinski definition) is 3. The molecule has 0 bridgehead atoms. The third-order valence-electron chi connectivity index (χ3n) is 2.48. The van der Waals surface area contributed by atoms with Gasteiger partial charge in [-0.2, -0.15) is 0 Å². The highest BCUT2D eigenvalue weighted by atomic mass is 32.2. The molecule has 16 heavy (non-hydrogen) atoms. The molecular weight excluding hydrogens is 226 g/mol. The van der Waals surface area contributed by atoms with Crippen LogP contribution in [-0.4, -0.2) is 31.9 Å². The fraction of sp³-hybridized carbons (Fsp3) is 1.00. The summed E-state index contributed by atoms with van der Waals surface area (Å²) in [4.78, 5) is 0. The summed E-state index contributed by atoms with van der Waals surface area (Å²) in [6, 6.07) is 0. The third-order valence-corrected chi connectivity index (χ3v) is 4.10. The second kappa shape index (κ2) is 7.25. The van der Waals surface area contributed by atoms with E-state index in [4.69, 9.17) is 0 Å². The molecule has 0 fully saturated rings. The standard InChI is InChI=1S/C11H25NO3S/c1-5-10(4)8-16(14,15)12-7-11(13)6-9(2)3/h9-13H,5-8H2,1-4H3. The van der Waals surface area contributed by atoms with Gasteiger partial charge in [0.25, 0.3) is 0 Å². The molecule has 0 spiro atoms. The van der Waals surface area contributed by atoms with Crippen LogP contribution >= 0.6 is 0 Å². The van der Waals surface area contributed by atoms with E-state index >= 15 is 0 Å². The third kappa shape index (κ3) is 8.07. The van der Waals surface area contributed by atoms with Crippen LogP contribution in [0.2, 0.25) is 0 Å². The van der Waals surface area contributed by atoms with Gasteiger partial charge in [0, 0.05) is 6.54 Å². The van der Waals surface area contributed by atoms with Gasteiger partial charge in [0.1, 0.15) is 0 Å². The molecule has 0 saturated carbocycles. The van der Waals surface area contributed by atoms with Crippen molar-refractivity contribution >= 4 is 10.0 Å². The Kier molecular flexibility index (Phi) is 7.19. The number of aliphatic hydroxyl groups excluding tert-OH is 1. The zero-order valence-corrected chi connectivity index (χ0v) is 11.5. The molecule has 0 aromatic rings. The molecule has 0 aromatic carbocycles. The van der Waals surface area contributed by atoms with Gasteiger partial charge < -0.3 is 5.11 Å². The lowest BCUT2D eigenvalue weighted by molar-refractivity contribution is 0.152. The first kappa shape index (κ1) is 15.9. The van der Waals surface area contributed by atoms with E-state index in [1.165, 1.54) is 0 Å². The van der Waals surface area contributed by atoms with Crippen LogP contribution < -0.4 is 4.72 Å². The van der Waals surface area contributed by atoms with Crippen molar-refractivity contribution in [1.82, 2.24) is 4.72 Å². The molecule has 98 valence electrons. The molecular formula is C11H25NO3S. The van der Waals surface area contributed by atoms with Crippen molar-refractivity contribution in [2.24, 2.45) is 11.8 Å². The van der Waals surface area contributed by atoms with Crippen molar-refractivity contribution in [3.05, 3.63) is 0 Å². The van der Waals surface area contributed by atoms with Crippen molar-refractivity contribution in [2.75, 3.05) is 12.3 Å². The summed E-state index contributed by atoms with van der Waals surface area (Å²) in [7, 11) is -3.23. The zero-order valence-electron chi connectivity index (χ0n) is 10.7. The van der Waals surface area contributed by atoms with E-state index in [1.54, 1.807) is 0 Å². The van der Waals surface area contributed by atoms with Crippen LogP contribution in [0.25, 0.3) is 0 Å². The molecule has 0 aliphatic rings. The smallest absolute Gasteiger partial charge is 0.211 e. The molecule has 5 heteroatoms. The summed E-state index contributed by atoms with van der Waals surface area (Å²) in [5, 5.41) is 9.55. The van der Waals surface area contributed by atoms with Gasteiger partial charge in [-0.3, -0.25) is 0 Å². The highest BCUT2D eigenvalue weighted by molar-refractivity contribution is 7.89. The average Bonchev–Trinajstić information content (AvgIpc) is 2.13. The highest BCUT2D eigenvalue weighted by Crippen LogP contribution is 2.06. The van der Waals surface area contributed by atoms with Gasteiger partial charge in [0.05, 0.1) is 11.9 Å². The first-order valence-electron chi connectivity index (χ1n) is 5.92. The Morgan fingerprint density at radius 2 is 1.81 bits per heavy atom. The van der Waals surface area contributed by atoms with E-state index in [-0.39, 0.29) is 18.2 Å². The topological polar surface area (TPSA) is 66.4 Å². The highest BCUT2D eigenvalue weighted by Gasteiger charge is 2.16. The Hall–Kier alpha value is -0.130. The van der Waals surface area contributed by atoms with Crippen molar-refractivity contribution in [2.45, 2.75) is 46.6 Å². The average molecular weight is 251 g/mol. The summed E-state index contributed by atoms with van der Waals surface area (Å²) >= 11 is 0. The number of rotatable bonds is 8. The van der Waals surface area contributed by atoms with E-state index in [2.05, 4.69) is 4.72 Å². The minimum absolute atomic E-state index is 0.122. The minimum Gasteiger partial charge on any atom is -0.392 e. The molecule has 4 nitrogen and oxygen atoms in total.